The lowest BCUT2D eigenvalue weighted by atomic mass is 9.92. The molecule has 0 saturated carbocycles. The highest BCUT2D eigenvalue weighted by molar-refractivity contribution is 6.04. The van der Waals surface area contributed by atoms with Crippen LogP contribution in [0.2, 0.25) is 0 Å². The summed E-state index contributed by atoms with van der Waals surface area (Å²) in [7, 11) is 0. The van der Waals surface area contributed by atoms with E-state index in [1.54, 1.807) is 12.1 Å². The number of rotatable bonds is 4. The molecule has 0 spiro atoms. The zero-order chi connectivity index (χ0) is 19.5. The molecule has 140 valence electrons. The first-order valence-corrected chi connectivity index (χ1v) is 9.68. The minimum Gasteiger partial charge on any atom is -0.305 e. The molecule has 2 aromatic carbocycles. The molecule has 1 aromatic heterocycles. The maximum absolute atomic E-state index is 12.7. The second-order valence-corrected chi connectivity index (χ2v) is 7.07. The molecule has 0 radical (unpaired) electrons. The van der Waals surface area contributed by atoms with Crippen molar-refractivity contribution in [2.75, 3.05) is 5.32 Å². The number of aryl methyl sites for hydroxylation is 2. The number of nitrogens with zero attached hydrogens (tertiary/aromatic N) is 2. The van der Waals surface area contributed by atoms with Crippen molar-refractivity contribution >= 4 is 17.8 Å². The van der Waals surface area contributed by atoms with Crippen molar-refractivity contribution in [3.8, 4) is 11.3 Å². The molecule has 1 aliphatic rings. The Hall–Kier alpha value is -3.27. The molecule has 3 aromatic rings. The average Bonchev–Trinajstić information content (AvgIpc) is 2.74. The number of hydrogen-bond acceptors (Lipinski definition) is 3. The van der Waals surface area contributed by atoms with Crippen LogP contribution in [-0.2, 0) is 12.8 Å². The molecule has 0 aliphatic heterocycles. The van der Waals surface area contributed by atoms with E-state index in [1.807, 2.05) is 30.3 Å². The lowest BCUT2D eigenvalue weighted by Gasteiger charge is -2.20. The lowest BCUT2D eigenvalue weighted by molar-refractivity contribution is 0.102. The van der Waals surface area contributed by atoms with Gasteiger partial charge in [0.2, 0.25) is 0 Å². The quantitative estimate of drug-likeness (QED) is 0.678. The normalized spacial score (nSPS) is 12.9. The van der Waals surface area contributed by atoms with Crippen molar-refractivity contribution in [1.29, 1.82) is 0 Å². The summed E-state index contributed by atoms with van der Waals surface area (Å²) >= 11 is 0. The van der Waals surface area contributed by atoms with Gasteiger partial charge in [-0.1, -0.05) is 55.0 Å². The lowest BCUT2D eigenvalue weighted by Crippen LogP contribution is -2.17. The van der Waals surface area contributed by atoms with E-state index >= 15 is 0 Å². The Kier molecular flexibility index (Phi) is 5.02. The second kappa shape index (κ2) is 7.77. The molecule has 4 nitrogen and oxygen atoms in total. The summed E-state index contributed by atoms with van der Waals surface area (Å²) < 4.78 is 0. The molecule has 1 aliphatic carbocycles. The van der Waals surface area contributed by atoms with Crippen molar-refractivity contribution in [3.05, 3.63) is 82.7 Å². The van der Waals surface area contributed by atoms with Crippen LogP contribution < -0.4 is 5.32 Å². The van der Waals surface area contributed by atoms with Gasteiger partial charge < -0.3 is 5.32 Å². The van der Waals surface area contributed by atoms with Crippen LogP contribution >= 0.6 is 0 Å². The molecule has 0 bridgehead atoms. The number of nitrogens with one attached hydrogen (secondary N) is 1. The van der Waals surface area contributed by atoms with Gasteiger partial charge in [-0.15, -0.1) is 0 Å². The SMILES string of the molecule is CC/C(C)=C\c1nc2c(nc1NC(=O)c1ccccc1)CCc1ccccc1-2. The van der Waals surface area contributed by atoms with E-state index in [2.05, 4.69) is 37.4 Å². The molecular formula is C24H23N3O. The Morgan fingerprint density at radius 3 is 2.57 bits per heavy atom. The first-order valence-electron chi connectivity index (χ1n) is 9.68. The Labute approximate surface area is 165 Å². The van der Waals surface area contributed by atoms with Gasteiger partial charge in [0.25, 0.3) is 5.91 Å². The molecule has 0 saturated heterocycles. The van der Waals surface area contributed by atoms with E-state index in [0.717, 1.165) is 36.2 Å². The van der Waals surface area contributed by atoms with E-state index in [0.29, 0.717) is 17.1 Å². The van der Waals surface area contributed by atoms with Gasteiger partial charge in [0.15, 0.2) is 5.82 Å². The van der Waals surface area contributed by atoms with Crippen LogP contribution in [0.1, 0.15) is 47.6 Å². The van der Waals surface area contributed by atoms with Crippen LogP contribution in [0.4, 0.5) is 5.82 Å². The van der Waals surface area contributed by atoms with Crippen molar-refractivity contribution < 1.29 is 4.79 Å². The van der Waals surface area contributed by atoms with Gasteiger partial charge in [0.1, 0.15) is 5.69 Å². The van der Waals surface area contributed by atoms with E-state index < -0.39 is 0 Å². The fraction of sp³-hybridized carbons (Fsp3) is 0.208. The zero-order valence-electron chi connectivity index (χ0n) is 16.2. The zero-order valence-corrected chi connectivity index (χ0v) is 16.2. The number of anilines is 1. The molecular weight excluding hydrogens is 346 g/mol. The number of carbonyl (C=O) groups is 1. The number of carbonyl (C=O) groups excluding carboxylic acids is 1. The standard InChI is InChI=1S/C24H23N3O/c1-3-16(2)15-21-23(27-24(28)18-10-5-4-6-11-18)26-20-14-13-17-9-7-8-12-19(17)22(20)25-21/h4-12,15H,3,13-14H2,1-2H3,(H,26,27,28)/b16-15-. The van der Waals surface area contributed by atoms with Crippen molar-refractivity contribution in [2.24, 2.45) is 0 Å². The number of benzene rings is 2. The summed E-state index contributed by atoms with van der Waals surface area (Å²) in [5, 5.41) is 2.97. The van der Waals surface area contributed by atoms with Gasteiger partial charge in [-0.05, 0) is 50.0 Å². The molecule has 0 atom stereocenters. The molecule has 4 rings (SSSR count). The van der Waals surface area contributed by atoms with Gasteiger partial charge in [0.05, 0.1) is 11.4 Å². The topological polar surface area (TPSA) is 54.9 Å². The summed E-state index contributed by atoms with van der Waals surface area (Å²) in [6.45, 7) is 4.17. The van der Waals surface area contributed by atoms with Crippen LogP contribution in [0.3, 0.4) is 0 Å². The van der Waals surface area contributed by atoms with E-state index in [-0.39, 0.29) is 5.91 Å². The Balaban J connectivity index is 1.79. The van der Waals surface area contributed by atoms with Gasteiger partial charge in [-0.3, -0.25) is 4.79 Å². The minimum absolute atomic E-state index is 0.171. The summed E-state index contributed by atoms with van der Waals surface area (Å²) in [6, 6.07) is 17.5. The maximum atomic E-state index is 12.7. The first kappa shape index (κ1) is 18.1. The fourth-order valence-corrected chi connectivity index (χ4v) is 3.39. The largest absolute Gasteiger partial charge is 0.305 e. The summed E-state index contributed by atoms with van der Waals surface area (Å²) in [6.07, 6.45) is 4.70. The van der Waals surface area contributed by atoms with Crippen LogP contribution in [-0.4, -0.2) is 15.9 Å². The smallest absolute Gasteiger partial charge is 0.256 e. The van der Waals surface area contributed by atoms with E-state index in [1.165, 1.54) is 11.1 Å². The molecule has 4 heteroatoms. The average molecular weight is 369 g/mol. The predicted octanol–water partition coefficient (Wildman–Crippen LogP) is 5.31. The predicted molar refractivity (Wildman–Crippen MR) is 113 cm³/mol. The molecule has 0 fully saturated rings. The fourth-order valence-electron chi connectivity index (χ4n) is 3.39. The second-order valence-electron chi connectivity index (χ2n) is 7.07. The summed E-state index contributed by atoms with van der Waals surface area (Å²) in [5.74, 6) is 0.356. The van der Waals surface area contributed by atoms with Gasteiger partial charge in [0, 0.05) is 11.1 Å². The maximum Gasteiger partial charge on any atom is 0.256 e. The number of aromatic nitrogens is 2. The molecule has 1 N–H and O–H groups in total. The number of allylic oxidation sites excluding steroid dienone is 1. The Morgan fingerprint density at radius 2 is 1.79 bits per heavy atom. The highest BCUT2D eigenvalue weighted by atomic mass is 16.1. The highest BCUT2D eigenvalue weighted by Gasteiger charge is 2.21. The van der Waals surface area contributed by atoms with Gasteiger partial charge in [-0.2, -0.15) is 0 Å². The number of amides is 1. The van der Waals surface area contributed by atoms with Crippen molar-refractivity contribution in [3.63, 3.8) is 0 Å². The number of fused-ring (bicyclic) bond motifs is 3. The van der Waals surface area contributed by atoms with Gasteiger partial charge >= 0.3 is 0 Å². The minimum atomic E-state index is -0.171. The highest BCUT2D eigenvalue weighted by Crippen LogP contribution is 2.33. The number of hydrogen-bond donors (Lipinski definition) is 1. The third-order valence-electron chi connectivity index (χ3n) is 5.11. The Bertz CT molecular complexity index is 1050. The van der Waals surface area contributed by atoms with Crippen molar-refractivity contribution in [1.82, 2.24) is 9.97 Å². The van der Waals surface area contributed by atoms with Crippen molar-refractivity contribution in [2.45, 2.75) is 33.1 Å². The first-order chi connectivity index (χ1) is 13.7. The molecule has 1 amide bonds. The van der Waals surface area contributed by atoms with Crippen LogP contribution in [0.15, 0.2) is 60.2 Å². The van der Waals surface area contributed by atoms with Crippen LogP contribution in [0.25, 0.3) is 17.3 Å². The molecule has 1 heterocycles. The van der Waals surface area contributed by atoms with E-state index in [4.69, 9.17) is 9.97 Å². The van der Waals surface area contributed by atoms with Crippen LogP contribution in [0.5, 0.6) is 0 Å². The van der Waals surface area contributed by atoms with Gasteiger partial charge in [-0.25, -0.2) is 9.97 Å². The van der Waals surface area contributed by atoms with E-state index in [9.17, 15) is 4.79 Å². The monoisotopic (exact) mass is 369 g/mol. The third kappa shape index (κ3) is 3.58. The molecule has 28 heavy (non-hydrogen) atoms. The Morgan fingerprint density at radius 1 is 1.04 bits per heavy atom. The van der Waals surface area contributed by atoms with Crippen LogP contribution in [0, 0.1) is 0 Å². The third-order valence-corrected chi connectivity index (χ3v) is 5.11. The molecule has 0 unspecified atom stereocenters. The summed E-state index contributed by atoms with van der Waals surface area (Å²) in [4.78, 5) is 22.5. The summed E-state index contributed by atoms with van der Waals surface area (Å²) in [5.41, 5.74) is 6.80.